The van der Waals surface area contributed by atoms with E-state index in [-0.39, 0.29) is 12.2 Å². The Morgan fingerprint density at radius 3 is 2.19 bits per heavy atom. The minimum Gasteiger partial charge on any atom is -0.508 e. The van der Waals surface area contributed by atoms with E-state index in [1.807, 2.05) is 0 Å². The van der Waals surface area contributed by atoms with Crippen LogP contribution >= 0.6 is 0 Å². The van der Waals surface area contributed by atoms with E-state index < -0.39 is 33.0 Å². The summed E-state index contributed by atoms with van der Waals surface area (Å²) in [6.45, 7) is 1.20. The number of carbonyl (C=O) groups is 2. The van der Waals surface area contributed by atoms with E-state index in [0.717, 1.165) is 6.26 Å². The number of amides is 1. The fraction of sp³-hybridized carbons (Fsp3) is 0.385. The highest BCUT2D eigenvalue weighted by Crippen LogP contribution is 2.11. The standard InChI is InChI=1S/C13H17NO6S/c1-8(21(2,19)20)12(16)14-11(13(17)18)7-9-3-5-10(15)6-4-9/h3-6,8,11,15H,7H2,1-2H3,(H,14,16)(H,17,18)/t8?,11-/m0/s1. The molecule has 0 aliphatic carbocycles. The lowest BCUT2D eigenvalue weighted by Crippen LogP contribution is -2.47. The summed E-state index contributed by atoms with van der Waals surface area (Å²) in [5.74, 6) is -2.08. The number of aromatic hydroxyl groups is 1. The summed E-state index contributed by atoms with van der Waals surface area (Å²) in [6.07, 6.45) is 0.894. The number of carbonyl (C=O) groups excluding carboxylic acids is 1. The van der Waals surface area contributed by atoms with Gasteiger partial charge in [0, 0.05) is 12.7 Å². The first-order valence-corrected chi connectivity index (χ1v) is 8.06. The number of phenolic OH excluding ortho intramolecular Hbond substituents is 1. The van der Waals surface area contributed by atoms with Crippen LogP contribution in [-0.4, -0.2) is 48.1 Å². The Labute approximate surface area is 122 Å². The molecular formula is C13H17NO6S. The molecule has 0 heterocycles. The molecule has 0 bridgehead atoms. The molecule has 0 spiro atoms. The normalized spacial score (nSPS) is 14.2. The summed E-state index contributed by atoms with van der Waals surface area (Å²) in [6, 6.07) is 4.60. The van der Waals surface area contributed by atoms with Crippen LogP contribution in [0.1, 0.15) is 12.5 Å². The van der Waals surface area contributed by atoms with Crippen molar-refractivity contribution in [3.05, 3.63) is 29.8 Å². The molecule has 7 nitrogen and oxygen atoms in total. The van der Waals surface area contributed by atoms with E-state index in [1.54, 1.807) is 0 Å². The average Bonchev–Trinajstić information content (AvgIpc) is 2.38. The summed E-state index contributed by atoms with van der Waals surface area (Å²) >= 11 is 0. The first-order valence-electron chi connectivity index (χ1n) is 6.11. The lowest BCUT2D eigenvalue weighted by atomic mass is 10.1. The third kappa shape index (κ3) is 5.07. The summed E-state index contributed by atoms with van der Waals surface area (Å²) < 4.78 is 22.6. The van der Waals surface area contributed by atoms with Gasteiger partial charge < -0.3 is 15.5 Å². The monoisotopic (exact) mass is 315 g/mol. The highest BCUT2D eigenvalue weighted by atomic mass is 32.2. The lowest BCUT2D eigenvalue weighted by Gasteiger charge is -2.17. The zero-order valence-electron chi connectivity index (χ0n) is 11.6. The first-order chi connectivity index (χ1) is 9.61. The Hall–Kier alpha value is -2.09. The molecule has 3 N–H and O–H groups in total. The van der Waals surface area contributed by atoms with Gasteiger partial charge in [0.15, 0.2) is 9.84 Å². The zero-order chi connectivity index (χ0) is 16.2. The molecule has 116 valence electrons. The van der Waals surface area contributed by atoms with Crippen molar-refractivity contribution in [3.63, 3.8) is 0 Å². The highest BCUT2D eigenvalue weighted by Gasteiger charge is 2.28. The van der Waals surface area contributed by atoms with Gasteiger partial charge in [-0.05, 0) is 24.6 Å². The van der Waals surface area contributed by atoms with E-state index in [1.165, 1.54) is 31.2 Å². The number of hydrogen-bond acceptors (Lipinski definition) is 5. The predicted molar refractivity (Wildman–Crippen MR) is 75.7 cm³/mol. The molecule has 1 aromatic rings. The Morgan fingerprint density at radius 1 is 1.24 bits per heavy atom. The number of hydrogen-bond donors (Lipinski definition) is 3. The van der Waals surface area contributed by atoms with Crippen molar-refractivity contribution in [2.45, 2.75) is 24.6 Å². The summed E-state index contributed by atoms with van der Waals surface area (Å²) in [4.78, 5) is 22.9. The molecule has 1 rings (SSSR count). The van der Waals surface area contributed by atoms with E-state index >= 15 is 0 Å². The molecule has 0 aromatic heterocycles. The zero-order valence-corrected chi connectivity index (χ0v) is 12.4. The van der Waals surface area contributed by atoms with Gasteiger partial charge in [0.05, 0.1) is 0 Å². The van der Waals surface area contributed by atoms with Crippen molar-refractivity contribution < 1.29 is 28.2 Å². The van der Waals surface area contributed by atoms with Crippen molar-refractivity contribution in [2.75, 3.05) is 6.26 Å². The van der Waals surface area contributed by atoms with E-state index in [9.17, 15) is 18.0 Å². The van der Waals surface area contributed by atoms with Crippen LogP contribution in [0.5, 0.6) is 5.75 Å². The maximum Gasteiger partial charge on any atom is 0.326 e. The first kappa shape index (κ1) is 17.0. The molecule has 0 radical (unpaired) electrons. The third-order valence-corrected chi connectivity index (χ3v) is 4.50. The maximum atomic E-state index is 11.8. The van der Waals surface area contributed by atoms with Gasteiger partial charge in [-0.1, -0.05) is 12.1 Å². The van der Waals surface area contributed by atoms with Crippen molar-refractivity contribution in [3.8, 4) is 5.75 Å². The topological polar surface area (TPSA) is 121 Å². The van der Waals surface area contributed by atoms with Gasteiger partial charge in [0.2, 0.25) is 5.91 Å². The Kier molecular flexibility index (Phi) is 5.31. The van der Waals surface area contributed by atoms with Crippen LogP contribution in [-0.2, 0) is 25.8 Å². The average molecular weight is 315 g/mol. The highest BCUT2D eigenvalue weighted by molar-refractivity contribution is 7.92. The SMILES string of the molecule is CC(C(=O)N[C@@H](Cc1ccc(O)cc1)C(=O)O)S(C)(=O)=O. The van der Waals surface area contributed by atoms with Gasteiger partial charge in [0.25, 0.3) is 0 Å². The summed E-state index contributed by atoms with van der Waals surface area (Å²) in [5.41, 5.74) is 0.590. The number of aliphatic carboxylic acids is 1. The molecule has 0 aliphatic heterocycles. The summed E-state index contributed by atoms with van der Waals surface area (Å²) in [7, 11) is -3.59. The number of benzene rings is 1. The second kappa shape index (κ2) is 6.57. The van der Waals surface area contributed by atoms with Crippen LogP contribution in [0.15, 0.2) is 24.3 Å². The van der Waals surface area contributed by atoms with Crippen LogP contribution in [0.3, 0.4) is 0 Å². The van der Waals surface area contributed by atoms with Crippen LogP contribution < -0.4 is 5.32 Å². The molecule has 1 aromatic carbocycles. The van der Waals surface area contributed by atoms with E-state index in [0.29, 0.717) is 5.56 Å². The fourth-order valence-corrected chi connectivity index (χ4v) is 2.01. The van der Waals surface area contributed by atoms with Gasteiger partial charge in [-0.2, -0.15) is 0 Å². The number of phenols is 1. The number of carboxylic acids is 1. The molecule has 0 saturated carbocycles. The molecule has 21 heavy (non-hydrogen) atoms. The van der Waals surface area contributed by atoms with E-state index in [2.05, 4.69) is 5.32 Å². The second-order valence-corrected chi connectivity index (χ2v) is 7.11. The maximum absolute atomic E-state index is 11.8. The second-order valence-electron chi connectivity index (χ2n) is 4.74. The number of nitrogens with one attached hydrogen (secondary N) is 1. The van der Waals surface area contributed by atoms with Crippen LogP contribution in [0, 0.1) is 0 Å². The molecule has 0 saturated heterocycles. The Morgan fingerprint density at radius 2 is 1.76 bits per heavy atom. The molecule has 0 fully saturated rings. The van der Waals surface area contributed by atoms with E-state index in [4.69, 9.17) is 10.2 Å². The van der Waals surface area contributed by atoms with Crippen LogP contribution in [0.25, 0.3) is 0 Å². The van der Waals surface area contributed by atoms with Crippen molar-refractivity contribution in [1.82, 2.24) is 5.32 Å². The van der Waals surface area contributed by atoms with Gasteiger partial charge in [-0.15, -0.1) is 0 Å². The van der Waals surface area contributed by atoms with Crippen molar-refractivity contribution >= 4 is 21.7 Å². The molecule has 2 atom stereocenters. The van der Waals surface area contributed by atoms with Crippen LogP contribution in [0.4, 0.5) is 0 Å². The molecular weight excluding hydrogens is 298 g/mol. The molecule has 8 heteroatoms. The largest absolute Gasteiger partial charge is 0.508 e. The van der Waals surface area contributed by atoms with Gasteiger partial charge in [-0.3, -0.25) is 4.79 Å². The Bertz CT molecular complexity index is 623. The summed E-state index contributed by atoms with van der Waals surface area (Å²) in [5, 5.41) is 19.1. The third-order valence-electron chi connectivity index (χ3n) is 3.00. The van der Waals surface area contributed by atoms with Crippen molar-refractivity contribution in [1.29, 1.82) is 0 Å². The Balaban J connectivity index is 2.81. The fourth-order valence-electron chi connectivity index (χ4n) is 1.55. The van der Waals surface area contributed by atoms with Crippen LogP contribution in [0.2, 0.25) is 0 Å². The minimum atomic E-state index is -3.59. The van der Waals surface area contributed by atoms with Gasteiger partial charge in [-0.25, -0.2) is 13.2 Å². The number of carboxylic acid groups (broad SMARTS) is 1. The quantitative estimate of drug-likeness (QED) is 0.676. The van der Waals surface area contributed by atoms with Crippen molar-refractivity contribution in [2.24, 2.45) is 0 Å². The van der Waals surface area contributed by atoms with Gasteiger partial charge >= 0.3 is 5.97 Å². The molecule has 1 unspecified atom stereocenters. The number of rotatable bonds is 6. The minimum absolute atomic E-state index is 0.0160. The predicted octanol–water partition coefficient (Wildman–Crippen LogP) is -0.0628. The molecule has 0 aliphatic rings. The number of sulfone groups is 1. The lowest BCUT2D eigenvalue weighted by molar-refractivity contribution is -0.141. The smallest absolute Gasteiger partial charge is 0.326 e. The van der Waals surface area contributed by atoms with Gasteiger partial charge in [0.1, 0.15) is 17.0 Å². The molecule has 1 amide bonds.